The van der Waals surface area contributed by atoms with Gasteiger partial charge >= 0.3 is 6.18 Å². The standard InChI is InChI=1S/C24H19F7N4O2S/c25-12-5-17(22(33-9-12)24(29,30)31)15-7-20-16(6-19(15)26)18(10-35(20)13-3-11(4-13)8-32)21(23(27)28)34-38(36,37)14-1-2-14/h5-7,9-11,13-14,21,23,34H,1-4H2. The lowest BCUT2D eigenvalue weighted by molar-refractivity contribution is -0.140. The van der Waals surface area contributed by atoms with Crippen LogP contribution in [0.1, 0.15) is 49.0 Å². The molecule has 0 radical (unpaired) electrons. The van der Waals surface area contributed by atoms with Gasteiger partial charge in [-0.1, -0.05) is 0 Å². The van der Waals surface area contributed by atoms with Gasteiger partial charge in [-0.05, 0) is 43.9 Å². The van der Waals surface area contributed by atoms with Crippen molar-refractivity contribution in [3.05, 3.63) is 53.5 Å². The molecule has 1 unspecified atom stereocenters. The van der Waals surface area contributed by atoms with Crippen molar-refractivity contribution in [1.29, 1.82) is 5.26 Å². The van der Waals surface area contributed by atoms with Crippen molar-refractivity contribution >= 4 is 20.9 Å². The van der Waals surface area contributed by atoms with Gasteiger partial charge < -0.3 is 4.57 Å². The fourth-order valence-corrected chi connectivity index (χ4v) is 6.28. The van der Waals surface area contributed by atoms with E-state index in [0.717, 1.165) is 12.1 Å². The highest BCUT2D eigenvalue weighted by Crippen LogP contribution is 2.44. The molecule has 0 aliphatic heterocycles. The van der Waals surface area contributed by atoms with Crippen molar-refractivity contribution in [2.24, 2.45) is 5.92 Å². The number of nitrogens with zero attached hydrogens (tertiary/aromatic N) is 3. The molecule has 2 saturated carbocycles. The Morgan fingerprint density at radius 2 is 1.79 bits per heavy atom. The molecule has 1 atom stereocenters. The predicted octanol–water partition coefficient (Wildman–Crippen LogP) is 5.86. The SMILES string of the molecule is N#CC1CC(n2cc(C(NS(=O)(=O)C3CC3)C(F)F)c3cc(F)c(-c4cc(F)cnc4C(F)(F)F)cc32)C1. The Hall–Kier alpha value is -3.18. The summed E-state index contributed by atoms with van der Waals surface area (Å²) < 4.78 is 127. The molecule has 0 bridgehead atoms. The first kappa shape index (κ1) is 26.4. The second kappa shape index (κ2) is 9.23. The highest BCUT2D eigenvalue weighted by atomic mass is 32.2. The van der Waals surface area contributed by atoms with Crippen molar-refractivity contribution in [2.45, 2.75) is 55.6 Å². The Bertz CT molecular complexity index is 1550. The molecule has 5 rings (SSSR count). The summed E-state index contributed by atoms with van der Waals surface area (Å²) in [5.41, 5.74) is -3.31. The number of fused-ring (bicyclic) bond motifs is 1. The number of nitrogens with one attached hydrogen (secondary N) is 1. The molecule has 3 aromatic rings. The number of alkyl halides is 5. The van der Waals surface area contributed by atoms with Gasteiger partial charge in [0.25, 0.3) is 6.43 Å². The van der Waals surface area contributed by atoms with Crippen molar-refractivity contribution in [1.82, 2.24) is 14.3 Å². The number of hydrogen-bond acceptors (Lipinski definition) is 4. The zero-order valence-corrected chi connectivity index (χ0v) is 20.1. The zero-order chi connectivity index (χ0) is 27.6. The molecular weight excluding hydrogens is 541 g/mol. The summed E-state index contributed by atoms with van der Waals surface area (Å²) in [6, 6.07) is 1.78. The van der Waals surface area contributed by atoms with Gasteiger partial charge in [0.15, 0.2) is 5.69 Å². The molecular formula is C24H19F7N4O2S. The highest BCUT2D eigenvalue weighted by molar-refractivity contribution is 7.90. The van der Waals surface area contributed by atoms with Crippen LogP contribution in [-0.4, -0.2) is 29.6 Å². The maximum absolute atomic E-state index is 15.4. The lowest BCUT2D eigenvalue weighted by Gasteiger charge is -2.32. The van der Waals surface area contributed by atoms with Crippen LogP contribution in [0.3, 0.4) is 0 Å². The van der Waals surface area contributed by atoms with E-state index in [1.165, 1.54) is 10.8 Å². The lowest BCUT2D eigenvalue weighted by Crippen LogP contribution is -2.35. The Labute approximate surface area is 212 Å². The van der Waals surface area contributed by atoms with Gasteiger partial charge in [-0.3, -0.25) is 0 Å². The zero-order valence-electron chi connectivity index (χ0n) is 19.3. The van der Waals surface area contributed by atoms with Gasteiger partial charge in [-0.15, -0.1) is 0 Å². The molecule has 38 heavy (non-hydrogen) atoms. The molecule has 2 aliphatic rings. The molecule has 6 nitrogen and oxygen atoms in total. The molecule has 14 heteroatoms. The summed E-state index contributed by atoms with van der Waals surface area (Å²) in [5, 5.41) is 8.18. The van der Waals surface area contributed by atoms with Crippen molar-refractivity contribution in [3.63, 3.8) is 0 Å². The molecule has 1 aromatic carbocycles. The number of aromatic nitrogens is 2. The molecule has 0 saturated heterocycles. The van der Waals surface area contributed by atoms with Gasteiger partial charge in [-0.2, -0.15) is 18.4 Å². The number of rotatable bonds is 7. The van der Waals surface area contributed by atoms with E-state index < -0.39 is 68.4 Å². The van der Waals surface area contributed by atoms with Crippen LogP contribution < -0.4 is 4.72 Å². The molecule has 2 fully saturated rings. The first-order valence-electron chi connectivity index (χ1n) is 11.6. The number of hydrogen-bond donors (Lipinski definition) is 1. The highest BCUT2D eigenvalue weighted by Gasteiger charge is 2.41. The summed E-state index contributed by atoms with van der Waals surface area (Å²) in [6.45, 7) is 0. The molecule has 2 heterocycles. The van der Waals surface area contributed by atoms with Crippen LogP contribution in [-0.2, 0) is 16.2 Å². The van der Waals surface area contributed by atoms with Crippen LogP contribution in [0.15, 0.2) is 30.6 Å². The molecule has 0 spiro atoms. The smallest absolute Gasteiger partial charge is 0.344 e. The second-order valence-corrected chi connectivity index (χ2v) is 11.5. The van der Waals surface area contributed by atoms with E-state index in [9.17, 15) is 34.8 Å². The van der Waals surface area contributed by atoms with Crippen LogP contribution in [0.4, 0.5) is 30.7 Å². The normalized spacial score (nSPS) is 20.9. The topological polar surface area (TPSA) is 87.8 Å². The predicted molar refractivity (Wildman–Crippen MR) is 121 cm³/mol. The van der Waals surface area contributed by atoms with Crippen molar-refractivity contribution in [3.8, 4) is 17.2 Å². The minimum absolute atomic E-state index is 0.0337. The second-order valence-electron chi connectivity index (χ2n) is 9.51. The summed E-state index contributed by atoms with van der Waals surface area (Å²) in [4.78, 5) is 3.09. The fraction of sp³-hybridized carbons (Fsp3) is 0.417. The number of halogens is 7. The largest absolute Gasteiger partial charge is 0.433 e. The van der Waals surface area contributed by atoms with E-state index in [2.05, 4.69) is 11.1 Å². The van der Waals surface area contributed by atoms with Crippen molar-refractivity contribution < 1.29 is 39.2 Å². The minimum Gasteiger partial charge on any atom is -0.344 e. The third-order valence-electron chi connectivity index (χ3n) is 6.90. The van der Waals surface area contributed by atoms with E-state index >= 15 is 4.39 Å². The van der Waals surface area contributed by atoms with E-state index in [4.69, 9.17) is 5.26 Å². The Kier molecular flexibility index (Phi) is 6.42. The Morgan fingerprint density at radius 3 is 2.37 bits per heavy atom. The van der Waals surface area contributed by atoms with Crippen molar-refractivity contribution in [2.75, 3.05) is 0 Å². The van der Waals surface area contributed by atoms with Gasteiger partial charge in [0, 0.05) is 39.8 Å². The third-order valence-corrected chi connectivity index (χ3v) is 8.83. The quantitative estimate of drug-likeness (QED) is 0.367. The van der Waals surface area contributed by atoms with E-state index in [0.29, 0.717) is 37.9 Å². The average molecular weight is 560 g/mol. The van der Waals surface area contributed by atoms with E-state index in [1.54, 1.807) is 0 Å². The average Bonchev–Trinajstić information content (AvgIpc) is 3.60. The van der Waals surface area contributed by atoms with Gasteiger partial charge in [-0.25, -0.2) is 35.7 Å². The number of nitriles is 1. The first-order valence-corrected chi connectivity index (χ1v) is 13.1. The van der Waals surface area contributed by atoms with Gasteiger partial charge in [0.2, 0.25) is 10.0 Å². The van der Waals surface area contributed by atoms with E-state index in [1.807, 2.05) is 4.72 Å². The Balaban J connectivity index is 1.71. The van der Waals surface area contributed by atoms with Crippen LogP contribution >= 0.6 is 0 Å². The number of benzene rings is 1. The number of sulfonamides is 1. The Morgan fingerprint density at radius 1 is 1.11 bits per heavy atom. The molecule has 1 N–H and O–H groups in total. The van der Waals surface area contributed by atoms with Crippen LogP contribution in [0.25, 0.3) is 22.0 Å². The summed E-state index contributed by atoms with van der Waals surface area (Å²) >= 11 is 0. The summed E-state index contributed by atoms with van der Waals surface area (Å²) in [5.74, 6) is -2.76. The number of pyridine rings is 1. The molecule has 202 valence electrons. The van der Waals surface area contributed by atoms with Crippen LogP contribution in [0.2, 0.25) is 0 Å². The maximum atomic E-state index is 15.4. The monoisotopic (exact) mass is 560 g/mol. The van der Waals surface area contributed by atoms with Crippen LogP contribution in [0, 0.1) is 28.9 Å². The maximum Gasteiger partial charge on any atom is 0.433 e. The lowest BCUT2D eigenvalue weighted by atomic mass is 9.81. The molecule has 0 amide bonds. The third kappa shape index (κ3) is 4.73. The fourth-order valence-electron chi connectivity index (χ4n) is 4.74. The first-order chi connectivity index (χ1) is 17.8. The molecule has 2 aromatic heterocycles. The van der Waals surface area contributed by atoms with Gasteiger partial charge in [0.1, 0.15) is 17.7 Å². The summed E-state index contributed by atoms with van der Waals surface area (Å²) in [6.07, 6.45) is -5.50. The minimum atomic E-state index is -5.05. The van der Waals surface area contributed by atoms with Gasteiger partial charge in [0.05, 0.1) is 23.4 Å². The summed E-state index contributed by atoms with van der Waals surface area (Å²) in [7, 11) is -4.10. The van der Waals surface area contributed by atoms with E-state index in [-0.39, 0.29) is 22.4 Å². The molecule has 2 aliphatic carbocycles. The van der Waals surface area contributed by atoms with Crippen LogP contribution in [0.5, 0.6) is 0 Å².